The lowest BCUT2D eigenvalue weighted by Gasteiger charge is -2.32. The third-order valence-electron chi connectivity index (χ3n) is 3.39. The number of ether oxygens (including phenoxy) is 1. The standard InChI is InChI=1S/C13H19N3O3/c1-9-10(2)15-12(7-14-9)16-5-3-11(4-6-16)19-8-13(17)18/h7,11H,3-6,8H2,1-2H3,(H,17,18). The van der Waals surface area contributed by atoms with Crippen molar-refractivity contribution in [3.63, 3.8) is 0 Å². The molecular formula is C13H19N3O3. The molecule has 0 bridgehead atoms. The molecule has 1 aromatic heterocycles. The largest absolute Gasteiger partial charge is 0.480 e. The number of carboxylic acid groups (broad SMARTS) is 1. The lowest BCUT2D eigenvalue weighted by Crippen LogP contribution is -2.38. The Balaban J connectivity index is 1.88. The number of carboxylic acids is 1. The normalized spacial score (nSPS) is 16.6. The average Bonchev–Trinajstić information content (AvgIpc) is 2.40. The number of piperidine rings is 1. The molecule has 0 atom stereocenters. The third-order valence-corrected chi connectivity index (χ3v) is 3.39. The lowest BCUT2D eigenvalue weighted by molar-refractivity contribution is -0.144. The molecule has 0 aromatic carbocycles. The molecule has 1 aliphatic heterocycles. The van der Waals surface area contributed by atoms with Crippen LogP contribution in [0.1, 0.15) is 24.2 Å². The van der Waals surface area contributed by atoms with E-state index in [-0.39, 0.29) is 12.7 Å². The average molecular weight is 265 g/mol. The molecule has 1 aromatic rings. The summed E-state index contributed by atoms with van der Waals surface area (Å²) in [5.41, 5.74) is 1.89. The highest BCUT2D eigenvalue weighted by molar-refractivity contribution is 5.68. The molecule has 0 aliphatic carbocycles. The van der Waals surface area contributed by atoms with Gasteiger partial charge in [-0.2, -0.15) is 0 Å². The number of carbonyl (C=O) groups is 1. The molecule has 1 fully saturated rings. The second-order valence-electron chi connectivity index (χ2n) is 4.79. The Morgan fingerprint density at radius 1 is 1.42 bits per heavy atom. The molecule has 6 nitrogen and oxygen atoms in total. The Hall–Kier alpha value is -1.69. The molecule has 0 spiro atoms. The summed E-state index contributed by atoms with van der Waals surface area (Å²) in [5, 5.41) is 8.58. The van der Waals surface area contributed by atoms with Gasteiger partial charge in [-0.25, -0.2) is 9.78 Å². The summed E-state index contributed by atoms with van der Waals surface area (Å²) in [5.74, 6) is -0.0257. The predicted molar refractivity (Wildman–Crippen MR) is 70.3 cm³/mol. The van der Waals surface area contributed by atoms with Gasteiger partial charge in [0.05, 0.1) is 23.7 Å². The number of aryl methyl sites for hydroxylation is 2. The number of aliphatic carboxylic acids is 1. The summed E-state index contributed by atoms with van der Waals surface area (Å²) in [7, 11) is 0. The maximum atomic E-state index is 10.4. The van der Waals surface area contributed by atoms with Crippen molar-refractivity contribution in [2.75, 3.05) is 24.6 Å². The van der Waals surface area contributed by atoms with E-state index in [0.29, 0.717) is 0 Å². The van der Waals surface area contributed by atoms with Crippen LogP contribution in [0.2, 0.25) is 0 Å². The molecule has 0 radical (unpaired) electrons. The van der Waals surface area contributed by atoms with Gasteiger partial charge >= 0.3 is 5.97 Å². The van der Waals surface area contributed by atoms with E-state index in [9.17, 15) is 4.79 Å². The van der Waals surface area contributed by atoms with Crippen LogP contribution in [0.3, 0.4) is 0 Å². The first kappa shape index (κ1) is 13.7. The van der Waals surface area contributed by atoms with Crippen molar-refractivity contribution in [1.29, 1.82) is 0 Å². The SMILES string of the molecule is Cc1ncc(N2CCC(OCC(=O)O)CC2)nc1C. The fourth-order valence-corrected chi connectivity index (χ4v) is 2.12. The van der Waals surface area contributed by atoms with E-state index in [1.807, 2.05) is 13.8 Å². The maximum absolute atomic E-state index is 10.4. The van der Waals surface area contributed by atoms with Crippen molar-refractivity contribution < 1.29 is 14.6 Å². The fraction of sp³-hybridized carbons (Fsp3) is 0.615. The van der Waals surface area contributed by atoms with E-state index in [0.717, 1.165) is 43.1 Å². The summed E-state index contributed by atoms with van der Waals surface area (Å²) < 4.78 is 5.31. The lowest BCUT2D eigenvalue weighted by atomic mass is 10.1. The van der Waals surface area contributed by atoms with Crippen LogP contribution in [0.15, 0.2) is 6.20 Å². The quantitative estimate of drug-likeness (QED) is 0.880. The summed E-state index contributed by atoms with van der Waals surface area (Å²) in [4.78, 5) is 21.5. The van der Waals surface area contributed by atoms with Gasteiger partial charge in [0.25, 0.3) is 0 Å². The Morgan fingerprint density at radius 3 is 2.68 bits per heavy atom. The van der Waals surface area contributed by atoms with E-state index in [1.165, 1.54) is 0 Å². The van der Waals surface area contributed by atoms with Crippen molar-refractivity contribution >= 4 is 11.8 Å². The zero-order valence-corrected chi connectivity index (χ0v) is 11.3. The number of rotatable bonds is 4. The van der Waals surface area contributed by atoms with Crippen LogP contribution in [-0.2, 0) is 9.53 Å². The smallest absolute Gasteiger partial charge is 0.329 e. The van der Waals surface area contributed by atoms with Crippen molar-refractivity contribution in [2.24, 2.45) is 0 Å². The first-order valence-corrected chi connectivity index (χ1v) is 6.45. The van der Waals surface area contributed by atoms with Crippen molar-refractivity contribution in [3.05, 3.63) is 17.6 Å². The number of nitrogens with zero attached hydrogens (tertiary/aromatic N) is 3. The van der Waals surface area contributed by atoms with E-state index >= 15 is 0 Å². The Labute approximate surface area is 112 Å². The second kappa shape index (κ2) is 5.97. The highest BCUT2D eigenvalue weighted by atomic mass is 16.5. The third kappa shape index (κ3) is 3.64. The molecule has 0 amide bonds. The minimum atomic E-state index is -0.914. The highest BCUT2D eigenvalue weighted by Gasteiger charge is 2.21. The Bertz CT molecular complexity index is 456. The molecule has 2 heterocycles. The van der Waals surface area contributed by atoms with Crippen LogP contribution in [0.4, 0.5) is 5.82 Å². The van der Waals surface area contributed by atoms with Crippen molar-refractivity contribution in [3.8, 4) is 0 Å². The maximum Gasteiger partial charge on any atom is 0.329 e. The number of hydrogen-bond donors (Lipinski definition) is 1. The van der Waals surface area contributed by atoms with Gasteiger partial charge in [-0.05, 0) is 26.7 Å². The van der Waals surface area contributed by atoms with Crippen LogP contribution in [0.5, 0.6) is 0 Å². The summed E-state index contributed by atoms with van der Waals surface area (Å²) >= 11 is 0. The van der Waals surface area contributed by atoms with Crippen LogP contribution in [0, 0.1) is 13.8 Å². The predicted octanol–water partition coefficient (Wildman–Crippen LogP) is 1.16. The highest BCUT2D eigenvalue weighted by Crippen LogP contribution is 2.19. The molecule has 0 saturated carbocycles. The van der Waals surface area contributed by atoms with E-state index in [2.05, 4.69) is 14.9 Å². The topological polar surface area (TPSA) is 75.6 Å². The van der Waals surface area contributed by atoms with E-state index in [4.69, 9.17) is 9.84 Å². The minimum Gasteiger partial charge on any atom is -0.480 e. The second-order valence-corrected chi connectivity index (χ2v) is 4.79. The van der Waals surface area contributed by atoms with Crippen molar-refractivity contribution in [2.45, 2.75) is 32.8 Å². The van der Waals surface area contributed by atoms with Crippen molar-refractivity contribution in [1.82, 2.24) is 9.97 Å². The number of aromatic nitrogens is 2. The van der Waals surface area contributed by atoms with Gasteiger partial charge in [-0.3, -0.25) is 4.98 Å². The Kier molecular flexibility index (Phi) is 4.31. The van der Waals surface area contributed by atoms with Crippen LogP contribution in [-0.4, -0.2) is 46.8 Å². The Morgan fingerprint density at radius 2 is 2.11 bits per heavy atom. The molecule has 19 heavy (non-hydrogen) atoms. The molecule has 0 unspecified atom stereocenters. The van der Waals surface area contributed by atoms with Crippen LogP contribution >= 0.6 is 0 Å². The van der Waals surface area contributed by atoms with E-state index in [1.54, 1.807) is 6.20 Å². The first-order valence-electron chi connectivity index (χ1n) is 6.45. The molecular weight excluding hydrogens is 246 g/mol. The fourth-order valence-electron chi connectivity index (χ4n) is 2.12. The van der Waals surface area contributed by atoms with Gasteiger partial charge in [0.2, 0.25) is 0 Å². The molecule has 2 rings (SSSR count). The zero-order chi connectivity index (χ0) is 13.8. The summed E-state index contributed by atoms with van der Waals surface area (Å²) in [6, 6.07) is 0. The van der Waals surface area contributed by atoms with Gasteiger partial charge in [0.15, 0.2) is 0 Å². The summed E-state index contributed by atoms with van der Waals surface area (Å²) in [6.45, 7) is 5.32. The van der Waals surface area contributed by atoms with Gasteiger partial charge in [-0.15, -0.1) is 0 Å². The molecule has 6 heteroatoms. The van der Waals surface area contributed by atoms with E-state index < -0.39 is 5.97 Å². The van der Waals surface area contributed by atoms with Crippen LogP contribution in [0.25, 0.3) is 0 Å². The first-order chi connectivity index (χ1) is 9.06. The summed E-state index contributed by atoms with van der Waals surface area (Å²) in [6.07, 6.45) is 3.47. The minimum absolute atomic E-state index is 0.0341. The van der Waals surface area contributed by atoms with Gasteiger partial charge in [-0.1, -0.05) is 0 Å². The van der Waals surface area contributed by atoms with Gasteiger partial charge in [0.1, 0.15) is 12.4 Å². The molecule has 1 N–H and O–H groups in total. The zero-order valence-electron chi connectivity index (χ0n) is 11.3. The van der Waals surface area contributed by atoms with Gasteiger partial charge in [0, 0.05) is 13.1 Å². The number of anilines is 1. The monoisotopic (exact) mass is 265 g/mol. The molecule has 104 valence electrons. The number of hydrogen-bond acceptors (Lipinski definition) is 5. The van der Waals surface area contributed by atoms with Gasteiger partial charge < -0.3 is 14.7 Å². The molecule has 1 saturated heterocycles. The molecule has 1 aliphatic rings. The van der Waals surface area contributed by atoms with Crippen LogP contribution < -0.4 is 4.90 Å².